The van der Waals surface area contributed by atoms with E-state index in [1.807, 2.05) is 44.2 Å². The van der Waals surface area contributed by atoms with Crippen LogP contribution in [0.5, 0.6) is 5.75 Å². The molecule has 4 nitrogen and oxygen atoms in total. The molecule has 0 radical (unpaired) electrons. The Balaban J connectivity index is 2.27. The number of nitrogens with one attached hydrogen (secondary N) is 1. The predicted molar refractivity (Wildman–Crippen MR) is 93.3 cm³/mol. The van der Waals surface area contributed by atoms with Gasteiger partial charge in [0.15, 0.2) is 0 Å². The quantitative estimate of drug-likeness (QED) is 0.661. The predicted octanol–water partition coefficient (Wildman–Crippen LogP) is 4.14. The molecule has 0 spiro atoms. The van der Waals surface area contributed by atoms with Gasteiger partial charge in [-0.3, -0.25) is 4.79 Å². The van der Waals surface area contributed by atoms with Crippen molar-refractivity contribution in [3.05, 3.63) is 64.7 Å². The highest BCUT2D eigenvalue weighted by molar-refractivity contribution is 6.31. The molecule has 0 unspecified atom stereocenters. The Labute approximate surface area is 141 Å². The Hall–Kier alpha value is -2.33. The van der Waals surface area contributed by atoms with E-state index in [-0.39, 0.29) is 11.8 Å². The molecule has 0 aromatic heterocycles. The second-order valence-corrected chi connectivity index (χ2v) is 5.74. The van der Waals surface area contributed by atoms with Crippen LogP contribution in [0.2, 0.25) is 5.02 Å². The van der Waals surface area contributed by atoms with Crippen molar-refractivity contribution in [3.63, 3.8) is 0 Å². The van der Waals surface area contributed by atoms with Crippen LogP contribution in [-0.2, 0) is 0 Å². The Morgan fingerprint density at radius 3 is 2.48 bits per heavy atom. The van der Waals surface area contributed by atoms with Gasteiger partial charge < -0.3 is 4.74 Å². The summed E-state index contributed by atoms with van der Waals surface area (Å²) in [4.78, 5) is 12.4. The van der Waals surface area contributed by atoms with Crippen LogP contribution in [0.1, 0.15) is 29.8 Å². The van der Waals surface area contributed by atoms with E-state index >= 15 is 0 Å². The summed E-state index contributed by atoms with van der Waals surface area (Å²) in [5.74, 6) is 0.255. The minimum atomic E-state index is -0.363. The molecule has 0 heterocycles. The van der Waals surface area contributed by atoms with Gasteiger partial charge in [-0.1, -0.05) is 55.8 Å². The summed E-state index contributed by atoms with van der Waals surface area (Å²) in [5.41, 5.74) is 4.72. The second kappa shape index (κ2) is 7.79. The van der Waals surface area contributed by atoms with E-state index < -0.39 is 0 Å². The van der Waals surface area contributed by atoms with Crippen molar-refractivity contribution in [2.24, 2.45) is 11.0 Å². The van der Waals surface area contributed by atoms with E-state index in [1.165, 1.54) is 7.11 Å². The lowest BCUT2D eigenvalue weighted by Crippen LogP contribution is -2.22. The van der Waals surface area contributed by atoms with Crippen molar-refractivity contribution in [2.45, 2.75) is 13.8 Å². The Morgan fingerprint density at radius 2 is 1.87 bits per heavy atom. The zero-order chi connectivity index (χ0) is 16.8. The van der Waals surface area contributed by atoms with Gasteiger partial charge >= 0.3 is 0 Å². The number of carbonyl (C=O) groups is 1. The van der Waals surface area contributed by atoms with Crippen LogP contribution >= 0.6 is 11.6 Å². The van der Waals surface area contributed by atoms with Crippen LogP contribution in [0.25, 0.3) is 0 Å². The standard InChI is InChI=1S/C18H19ClN2O2/c1-12(2)17(13-7-5-4-6-8-13)20-21-18(22)15-11-14(19)9-10-16(15)23-3/h4-12H,1-3H3,(H,21,22). The normalized spacial score (nSPS) is 11.4. The number of hydrogen-bond acceptors (Lipinski definition) is 3. The summed E-state index contributed by atoms with van der Waals surface area (Å²) in [7, 11) is 1.51. The third-order valence-corrected chi connectivity index (χ3v) is 3.54. The smallest absolute Gasteiger partial charge is 0.275 e. The molecule has 0 saturated carbocycles. The number of benzene rings is 2. The fourth-order valence-corrected chi connectivity index (χ4v) is 2.34. The van der Waals surface area contributed by atoms with Gasteiger partial charge in [0.2, 0.25) is 0 Å². The molecule has 0 aliphatic rings. The van der Waals surface area contributed by atoms with Crippen molar-refractivity contribution in [1.29, 1.82) is 0 Å². The molecular weight excluding hydrogens is 312 g/mol. The summed E-state index contributed by atoms with van der Waals surface area (Å²) < 4.78 is 5.19. The summed E-state index contributed by atoms with van der Waals surface area (Å²) in [6.07, 6.45) is 0. The molecule has 5 heteroatoms. The van der Waals surface area contributed by atoms with E-state index in [2.05, 4.69) is 10.5 Å². The number of ether oxygens (including phenoxy) is 1. The number of methoxy groups -OCH3 is 1. The summed E-state index contributed by atoms with van der Waals surface area (Å²) >= 11 is 5.96. The van der Waals surface area contributed by atoms with Gasteiger partial charge in [0.25, 0.3) is 5.91 Å². The van der Waals surface area contributed by atoms with E-state index in [0.29, 0.717) is 16.3 Å². The largest absolute Gasteiger partial charge is 0.496 e. The highest BCUT2D eigenvalue weighted by Gasteiger charge is 2.14. The fraction of sp³-hybridized carbons (Fsp3) is 0.222. The first-order valence-electron chi connectivity index (χ1n) is 7.29. The molecule has 1 amide bonds. The lowest BCUT2D eigenvalue weighted by atomic mass is 10.0. The first-order chi connectivity index (χ1) is 11.0. The molecule has 120 valence electrons. The first-order valence-corrected chi connectivity index (χ1v) is 7.67. The lowest BCUT2D eigenvalue weighted by Gasteiger charge is -2.12. The van der Waals surface area contributed by atoms with Gasteiger partial charge in [-0.2, -0.15) is 5.10 Å². The molecule has 0 fully saturated rings. The van der Waals surface area contributed by atoms with Gasteiger partial charge in [0, 0.05) is 5.02 Å². The van der Waals surface area contributed by atoms with Crippen LogP contribution in [0.15, 0.2) is 53.6 Å². The van der Waals surface area contributed by atoms with Crippen molar-refractivity contribution >= 4 is 23.2 Å². The van der Waals surface area contributed by atoms with Gasteiger partial charge in [-0.15, -0.1) is 0 Å². The van der Waals surface area contributed by atoms with Crippen molar-refractivity contribution in [2.75, 3.05) is 7.11 Å². The fourth-order valence-electron chi connectivity index (χ4n) is 2.16. The van der Waals surface area contributed by atoms with E-state index in [0.717, 1.165) is 11.3 Å². The minimum absolute atomic E-state index is 0.166. The molecule has 0 bridgehead atoms. The molecule has 2 aromatic rings. The molecule has 0 atom stereocenters. The summed E-state index contributed by atoms with van der Waals surface area (Å²) in [5, 5.41) is 4.76. The molecular formula is C18H19ClN2O2. The van der Waals surface area contributed by atoms with Gasteiger partial charge in [0.1, 0.15) is 5.75 Å². The van der Waals surface area contributed by atoms with Crippen LogP contribution < -0.4 is 10.2 Å². The summed E-state index contributed by atoms with van der Waals surface area (Å²) in [6.45, 7) is 4.05. The number of nitrogens with zero attached hydrogens (tertiary/aromatic N) is 1. The second-order valence-electron chi connectivity index (χ2n) is 5.30. The highest BCUT2D eigenvalue weighted by atomic mass is 35.5. The van der Waals surface area contributed by atoms with Crippen LogP contribution in [0.4, 0.5) is 0 Å². The molecule has 1 N–H and O–H groups in total. The number of amides is 1. The van der Waals surface area contributed by atoms with Crippen LogP contribution in [0, 0.1) is 5.92 Å². The number of rotatable bonds is 5. The summed E-state index contributed by atoms with van der Waals surface area (Å²) in [6, 6.07) is 14.6. The Kier molecular flexibility index (Phi) is 5.77. The van der Waals surface area contributed by atoms with Crippen molar-refractivity contribution in [1.82, 2.24) is 5.43 Å². The topological polar surface area (TPSA) is 50.7 Å². The van der Waals surface area contributed by atoms with Crippen LogP contribution in [-0.4, -0.2) is 18.7 Å². The third kappa shape index (κ3) is 4.33. The lowest BCUT2D eigenvalue weighted by molar-refractivity contribution is 0.0951. The molecule has 23 heavy (non-hydrogen) atoms. The van der Waals surface area contributed by atoms with E-state index in [4.69, 9.17) is 16.3 Å². The number of hydrazone groups is 1. The maximum atomic E-state index is 12.4. The number of carbonyl (C=O) groups excluding carboxylic acids is 1. The molecule has 2 rings (SSSR count). The number of halogens is 1. The Bertz CT molecular complexity index is 712. The van der Waals surface area contributed by atoms with E-state index in [1.54, 1.807) is 18.2 Å². The van der Waals surface area contributed by atoms with Crippen LogP contribution in [0.3, 0.4) is 0 Å². The zero-order valence-electron chi connectivity index (χ0n) is 13.3. The average molecular weight is 331 g/mol. The number of hydrogen-bond donors (Lipinski definition) is 1. The van der Waals surface area contributed by atoms with Gasteiger partial charge in [-0.25, -0.2) is 5.43 Å². The highest BCUT2D eigenvalue weighted by Crippen LogP contribution is 2.22. The zero-order valence-corrected chi connectivity index (χ0v) is 14.1. The molecule has 0 aliphatic carbocycles. The third-order valence-electron chi connectivity index (χ3n) is 3.30. The molecule has 2 aromatic carbocycles. The monoisotopic (exact) mass is 330 g/mol. The van der Waals surface area contributed by atoms with Crippen molar-refractivity contribution in [3.8, 4) is 5.75 Å². The Morgan fingerprint density at radius 1 is 1.17 bits per heavy atom. The van der Waals surface area contributed by atoms with Gasteiger partial charge in [0.05, 0.1) is 18.4 Å². The van der Waals surface area contributed by atoms with Crippen molar-refractivity contribution < 1.29 is 9.53 Å². The molecule has 0 aliphatic heterocycles. The maximum Gasteiger partial charge on any atom is 0.275 e. The van der Waals surface area contributed by atoms with E-state index in [9.17, 15) is 4.79 Å². The minimum Gasteiger partial charge on any atom is -0.496 e. The average Bonchev–Trinajstić information content (AvgIpc) is 2.55. The SMILES string of the molecule is COc1ccc(Cl)cc1C(=O)NN=C(c1ccccc1)C(C)C. The maximum absolute atomic E-state index is 12.4. The molecule has 0 saturated heterocycles. The first kappa shape index (κ1) is 17.0. The van der Waals surface area contributed by atoms with Gasteiger partial charge in [-0.05, 0) is 29.7 Å².